The molecule has 1 aliphatic rings. The van der Waals surface area contributed by atoms with Gasteiger partial charge in [0.25, 0.3) is 0 Å². The maximum atomic E-state index is 12.6. The number of amides is 2. The van der Waals surface area contributed by atoms with Gasteiger partial charge in [-0.05, 0) is 31.5 Å². The Balaban J connectivity index is 1.63. The van der Waals surface area contributed by atoms with E-state index in [9.17, 15) is 9.59 Å². The molecule has 0 bridgehead atoms. The van der Waals surface area contributed by atoms with Crippen LogP contribution in [0.3, 0.4) is 0 Å². The molecule has 1 saturated heterocycles. The number of benzene rings is 1. The molecule has 6 nitrogen and oxygen atoms in total. The number of hydrogen-bond acceptors (Lipinski definition) is 3. The van der Waals surface area contributed by atoms with Crippen LogP contribution >= 0.6 is 0 Å². The smallest absolute Gasteiger partial charge is 0.227 e. The average Bonchev–Trinajstić information content (AvgIpc) is 3.04. The van der Waals surface area contributed by atoms with Crippen molar-refractivity contribution in [3.8, 4) is 0 Å². The Morgan fingerprint density at radius 3 is 2.32 bits per heavy atom. The molecule has 0 aliphatic carbocycles. The molecule has 1 aromatic carbocycles. The lowest BCUT2D eigenvalue weighted by Crippen LogP contribution is -2.50. The Bertz CT molecular complexity index is 773. The summed E-state index contributed by atoms with van der Waals surface area (Å²) in [4.78, 5) is 32.4. The first-order chi connectivity index (χ1) is 12.0. The van der Waals surface area contributed by atoms with Crippen LogP contribution in [0.1, 0.15) is 38.8 Å². The van der Waals surface area contributed by atoms with Crippen molar-refractivity contribution in [1.82, 2.24) is 19.4 Å². The molecule has 1 aliphatic heterocycles. The van der Waals surface area contributed by atoms with E-state index >= 15 is 0 Å². The SMILES string of the molecule is CCC(=O)N1CCN(C(=O)Cc2ccc3c(c2)ncn3C(C)C)CC1. The van der Waals surface area contributed by atoms with Crippen molar-refractivity contribution < 1.29 is 9.59 Å². The molecule has 6 heteroatoms. The number of carbonyl (C=O) groups is 2. The van der Waals surface area contributed by atoms with Crippen LogP contribution in [0.2, 0.25) is 0 Å². The lowest BCUT2D eigenvalue weighted by molar-refractivity contribution is -0.139. The molecule has 2 heterocycles. The van der Waals surface area contributed by atoms with Crippen LogP contribution in [-0.4, -0.2) is 57.3 Å². The first-order valence-corrected chi connectivity index (χ1v) is 9.00. The van der Waals surface area contributed by atoms with Gasteiger partial charge < -0.3 is 14.4 Å². The minimum Gasteiger partial charge on any atom is -0.339 e. The summed E-state index contributed by atoms with van der Waals surface area (Å²) >= 11 is 0. The lowest BCUT2D eigenvalue weighted by atomic mass is 10.1. The van der Waals surface area contributed by atoms with E-state index in [1.54, 1.807) is 0 Å². The number of nitrogens with zero attached hydrogens (tertiary/aromatic N) is 4. The molecule has 0 spiro atoms. The number of piperazine rings is 1. The predicted molar refractivity (Wildman–Crippen MR) is 97.3 cm³/mol. The minimum absolute atomic E-state index is 0.117. The van der Waals surface area contributed by atoms with Gasteiger partial charge in [0, 0.05) is 38.6 Å². The molecular formula is C19H26N4O2. The summed E-state index contributed by atoms with van der Waals surface area (Å²) in [6.07, 6.45) is 2.76. The van der Waals surface area contributed by atoms with Crippen LogP contribution in [0.5, 0.6) is 0 Å². The highest BCUT2D eigenvalue weighted by Crippen LogP contribution is 2.19. The van der Waals surface area contributed by atoms with Crippen LogP contribution in [0.4, 0.5) is 0 Å². The molecule has 134 valence electrons. The van der Waals surface area contributed by atoms with E-state index in [0.717, 1.165) is 16.6 Å². The predicted octanol–water partition coefficient (Wildman–Crippen LogP) is 2.24. The summed E-state index contributed by atoms with van der Waals surface area (Å²) in [5.74, 6) is 0.282. The first kappa shape index (κ1) is 17.5. The van der Waals surface area contributed by atoms with E-state index in [-0.39, 0.29) is 11.8 Å². The van der Waals surface area contributed by atoms with Crippen molar-refractivity contribution in [2.45, 2.75) is 39.7 Å². The molecular weight excluding hydrogens is 316 g/mol. The summed E-state index contributed by atoms with van der Waals surface area (Å²) < 4.78 is 2.13. The molecule has 1 fully saturated rings. The molecule has 0 N–H and O–H groups in total. The zero-order valence-electron chi connectivity index (χ0n) is 15.2. The zero-order chi connectivity index (χ0) is 18.0. The quantitative estimate of drug-likeness (QED) is 0.856. The van der Waals surface area contributed by atoms with Crippen molar-refractivity contribution in [3.05, 3.63) is 30.1 Å². The minimum atomic E-state index is 0.117. The number of fused-ring (bicyclic) bond motifs is 1. The maximum absolute atomic E-state index is 12.6. The molecule has 0 saturated carbocycles. The summed E-state index contributed by atoms with van der Waals surface area (Å²) in [6, 6.07) is 6.42. The number of rotatable bonds is 4. The van der Waals surface area contributed by atoms with E-state index in [1.165, 1.54) is 0 Å². The van der Waals surface area contributed by atoms with Crippen molar-refractivity contribution >= 4 is 22.8 Å². The van der Waals surface area contributed by atoms with Gasteiger partial charge in [-0.25, -0.2) is 4.98 Å². The Morgan fingerprint density at radius 1 is 1.08 bits per heavy atom. The second kappa shape index (κ2) is 7.25. The molecule has 0 unspecified atom stereocenters. The van der Waals surface area contributed by atoms with Gasteiger partial charge in [-0.2, -0.15) is 0 Å². The molecule has 25 heavy (non-hydrogen) atoms. The third-order valence-corrected chi connectivity index (χ3v) is 4.84. The number of carbonyl (C=O) groups excluding carboxylic acids is 2. The van der Waals surface area contributed by atoms with Crippen LogP contribution in [0.15, 0.2) is 24.5 Å². The van der Waals surface area contributed by atoms with Crippen LogP contribution in [0.25, 0.3) is 11.0 Å². The van der Waals surface area contributed by atoms with E-state index in [0.29, 0.717) is 45.1 Å². The summed E-state index contributed by atoms with van der Waals surface area (Å²) in [5.41, 5.74) is 3.01. The number of hydrogen-bond donors (Lipinski definition) is 0. The molecule has 2 amide bonds. The second-order valence-corrected chi connectivity index (χ2v) is 6.86. The summed E-state index contributed by atoms with van der Waals surface area (Å²) in [5, 5.41) is 0. The van der Waals surface area contributed by atoms with Crippen molar-refractivity contribution in [2.75, 3.05) is 26.2 Å². The van der Waals surface area contributed by atoms with E-state index in [4.69, 9.17) is 0 Å². The second-order valence-electron chi connectivity index (χ2n) is 6.86. The van der Waals surface area contributed by atoms with E-state index in [2.05, 4.69) is 23.4 Å². The monoisotopic (exact) mass is 342 g/mol. The van der Waals surface area contributed by atoms with Gasteiger partial charge in [0.1, 0.15) is 0 Å². The molecule has 2 aromatic rings. The number of aromatic nitrogens is 2. The van der Waals surface area contributed by atoms with Crippen molar-refractivity contribution in [3.63, 3.8) is 0 Å². The van der Waals surface area contributed by atoms with Gasteiger partial charge in [0.15, 0.2) is 0 Å². The van der Waals surface area contributed by atoms with Crippen molar-refractivity contribution in [1.29, 1.82) is 0 Å². The van der Waals surface area contributed by atoms with Gasteiger partial charge in [-0.15, -0.1) is 0 Å². The Kier molecular flexibility index (Phi) is 5.06. The van der Waals surface area contributed by atoms with Gasteiger partial charge in [0.2, 0.25) is 11.8 Å². The van der Waals surface area contributed by atoms with E-state index < -0.39 is 0 Å². The largest absolute Gasteiger partial charge is 0.339 e. The fourth-order valence-electron chi connectivity index (χ4n) is 3.31. The van der Waals surface area contributed by atoms with Crippen LogP contribution < -0.4 is 0 Å². The summed E-state index contributed by atoms with van der Waals surface area (Å²) in [7, 11) is 0. The topological polar surface area (TPSA) is 58.4 Å². The Morgan fingerprint density at radius 2 is 1.72 bits per heavy atom. The highest BCUT2D eigenvalue weighted by atomic mass is 16.2. The van der Waals surface area contributed by atoms with Gasteiger partial charge >= 0.3 is 0 Å². The maximum Gasteiger partial charge on any atom is 0.227 e. The van der Waals surface area contributed by atoms with Crippen LogP contribution in [-0.2, 0) is 16.0 Å². The third-order valence-electron chi connectivity index (χ3n) is 4.84. The molecule has 0 atom stereocenters. The van der Waals surface area contributed by atoms with Crippen molar-refractivity contribution in [2.24, 2.45) is 0 Å². The molecule has 0 radical (unpaired) electrons. The molecule has 3 rings (SSSR count). The zero-order valence-corrected chi connectivity index (χ0v) is 15.2. The molecule has 1 aromatic heterocycles. The Hall–Kier alpha value is -2.37. The standard InChI is InChI=1S/C19H26N4O2/c1-4-18(24)21-7-9-22(10-8-21)19(25)12-15-5-6-17-16(11-15)20-13-23(17)14(2)3/h5-6,11,13-14H,4,7-10,12H2,1-3H3. The summed E-state index contributed by atoms with van der Waals surface area (Å²) in [6.45, 7) is 8.63. The lowest BCUT2D eigenvalue weighted by Gasteiger charge is -2.34. The highest BCUT2D eigenvalue weighted by molar-refractivity contribution is 5.82. The van der Waals surface area contributed by atoms with Gasteiger partial charge in [-0.3, -0.25) is 9.59 Å². The third kappa shape index (κ3) is 3.67. The fourth-order valence-corrected chi connectivity index (χ4v) is 3.31. The van der Waals surface area contributed by atoms with Gasteiger partial charge in [0.05, 0.1) is 23.8 Å². The normalized spacial score (nSPS) is 15.2. The van der Waals surface area contributed by atoms with Crippen LogP contribution in [0, 0.1) is 0 Å². The first-order valence-electron chi connectivity index (χ1n) is 9.00. The Labute approximate surface area is 148 Å². The van der Waals surface area contributed by atoms with Gasteiger partial charge in [-0.1, -0.05) is 13.0 Å². The number of imidazole rings is 1. The highest BCUT2D eigenvalue weighted by Gasteiger charge is 2.23. The average molecular weight is 342 g/mol. The van der Waals surface area contributed by atoms with E-state index in [1.807, 2.05) is 41.2 Å². The fraction of sp³-hybridized carbons (Fsp3) is 0.526.